The highest BCUT2D eigenvalue weighted by atomic mass is 79.9. The average Bonchev–Trinajstić information content (AvgIpc) is 2.84. The van der Waals surface area contributed by atoms with Crippen LogP contribution in [-0.2, 0) is 27.4 Å². The van der Waals surface area contributed by atoms with Crippen molar-refractivity contribution in [3.63, 3.8) is 0 Å². The van der Waals surface area contributed by atoms with Crippen molar-refractivity contribution in [3.05, 3.63) is 71.8 Å². The molecule has 1 heterocycles. The average molecular weight is 407 g/mol. The lowest BCUT2D eigenvalue weighted by Gasteiger charge is -2.28. The van der Waals surface area contributed by atoms with Crippen LogP contribution in [0.3, 0.4) is 0 Å². The number of halogens is 1. The van der Waals surface area contributed by atoms with Gasteiger partial charge in [0.25, 0.3) is 0 Å². The normalized spacial score (nSPS) is 29.0. The van der Waals surface area contributed by atoms with Crippen molar-refractivity contribution in [2.24, 2.45) is 0 Å². The van der Waals surface area contributed by atoms with Gasteiger partial charge in [0.15, 0.2) is 0 Å². The van der Waals surface area contributed by atoms with E-state index in [2.05, 4.69) is 15.9 Å². The monoisotopic (exact) mass is 406 g/mol. The molecule has 134 valence electrons. The molecule has 0 amide bonds. The highest BCUT2D eigenvalue weighted by Crippen LogP contribution is 2.37. The predicted octanol–water partition coefficient (Wildman–Crippen LogP) is 3.66. The zero-order valence-electron chi connectivity index (χ0n) is 14.2. The van der Waals surface area contributed by atoms with Gasteiger partial charge in [-0.2, -0.15) is 0 Å². The summed E-state index contributed by atoms with van der Waals surface area (Å²) >= 11 is 3.40. The Kier molecular flexibility index (Phi) is 6.25. The zero-order chi connectivity index (χ0) is 17.7. The van der Waals surface area contributed by atoms with Gasteiger partial charge in [-0.3, -0.25) is 0 Å². The van der Waals surface area contributed by atoms with Gasteiger partial charge < -0.3 is 19.3 Å². The molecule has 0 aliphatic carbocycles. The Hall–Kier alpha value is -1.24. The SMILES string of the molecule is C[C@]1(O)C(Br)O[C@H](COCc2ccccc2)[C@H]1OCc1ccccc1. The van der Waals surface area contributed by atoms with Crippen LogP contribution in [0.5, 0.6) is 0 Å². The van der Waals surface area contributed by atoms with Crippen LogP contribution in [0.1, 0.15) is 18.1 Å². The van der Waals surface area contributed by atoms with E-state index in [1.807, 2.05) is 60.7 Å². The maximum absolute atomic E-state index is 10.7. The minimum Gasteiger partial charge on any atom is -0.384 e. The van der Waals surface area contributed by atoms with Crippen LogP contribution in [-0.4, -0.2) is 34.5 Å². The second-order valence-electron chi connectivity index (χ2n) is 6.43. The molecular weight excluding hydrogens is 384 g/mol. The molecule has 0 radical (unpaired) electrons. The van der Waals surface area contributed by atoms with Gasteiger partial charge in [0.2, 0.25) is 0 Å². The summed E-state index contributed by atoms with van der Waals surface area (Å²) in [5.41, 5.74) is 1.03. The third kappa shape index (κ3) is 4.68. The number of rotatable bonds is 7. The maximum Gasteiger partial charge on any atom is 0.144 e. The van der Waals surface area contributed by atoms with Crippen LogP contribution in [0.15, 0.2) is 60.7 Å². The topological polar surface area (TPSA) is 47.9 Å². The molecule has 0 spiro atoms. The summed E-state index contributed by atoms with van der Waals surface area (Å²) in [4.78, 5) is 0. The van der Waals surface area contributed by atoms with E-state index in [0.29, 0.717) is 19.8 Å². The van der Waals surface area contributed by atoms with Crippen LogP contribution < -0.4 is 0 Å². The number of ether oxygens (including phenoxy) is 3. The minimum absolute atomic E-state index is 0.341. The third-order valence-electron chi connectivity index (χ3n) is 4.33. The van der Waals surface area contributed by atoms with Gasteiger partial charge in [0.1, 0.15) is 22.8 Å². The molecule has 4 atom stereocenters. The highest BCUT2D eigenvalue weighted by Gasteiger charge is 2.52. The zero-order valence-corrected chi connectivity index (χ0v) is 15.8. The fourth-order valence-electron chi connectivity index (χ4n) is 2.90. The van der Waals surface area contributed by atoms with Gasteiger partial charge in [-0.05, 0) is 18.1 Å². The van der Waals surface area contributed by atoms with Gasteiger partial charge in [-0.1, -0.05) is 76.6 Å². The molecule has 4 nitrogen and oxygen atoms in total. The van der Waals surface area contributed by atoms with Gasteiger partial charge >= 0.3 is 0 Å². The molecule has 5 heteroatoms. The maximum atomic E-state index is 10.7. The molecule has 2 aromatic carbocycles. The van der Waals surface area contributed by atoms with Crippen LogP contribution in [0.2, 0.25) is 0 Å². The van der Waals surface area contributed by atoms with Gasteiger partial charge in [0, 0.05) is 0 Å². The number of hydrogen-bond donors (Lipinski definition) is 1. The first-order valence-electron chi connectivity index (χ1n) is 8.36. The number of benzene rings is 2. The lowest BCUT2D eigenvalue weighted by Crippen LogP contribution is -2.46. The van der Waals surface area contributed by atoms with Crippen LogP contribution in [0.4, 0.5) is 0 Å². The fourth-order valence-corrected chi connectivity index (χ4v) is 3.44. The van der Waals surface area contributed by atoms with E-state index in [1.165, 1.54) is 0 Å². The number of aliphatic hydroxyl groups is 1. The summed E-state index contributed by atoms with van der Waals surface area (Å²) in [6.45, 7) is 2.99. The van der Waals surface area contributed by atoms with Crippen LogP contribution in [0.25, 0.3) is 0 Å². The van der Waals surface area contributed by atoms with Gasteiger partial charge in [-0.25, -0.2) is 0 Å². The molecule has 1 aliphatic heterocycles. The predicted molar refractivity (Wildman–Crippen MR) is 99.3 cm³/mol. The summed E-state index contributed by atoms with van der Waals surface area (Å²) < 4.78 is 17.6. The largest absolute Gasteiger partial charge is 0.384 e. The van der Waals surface area contributed by atoms with Crippen molar-refractivity contribution in [2.45, 2.75) is 43.0 Å². The Morgan fingerprint density at radius 3 is 2.16 bits per heavy atom. The van der Waals surface area contributed by atoms with Crippen molar-refractivity contribution < 1.29 is 19.3 Å². The summed E-state index contributed by atoms with van der Waals surface area (Å²) in [7, 11) is 0. The van der Waals surface area contributed by atoms with Crippen molar-refractivity contribution in [1.82, 2.24) is 0 Å². The van der Waals surface area contributed by atoms with Gasteiger partial charge in [-0.15, -0.1) is 0 Å². The second-order valence-corrected chi connectivity index (χ2v) is 7.27. The first-order valence-corrected chi connectivity index (χ1v) is 9.28. The molecule has 0 bridgehead atoms. The molecular formula is C20H23BrO4. The quantitative estimate of drug-likeness (QED) is 0.712. The van der Waals surface area contributed by atoms with Crippen LogP contribution >= 0.6 is 15.9 Å². The fraction of sp³-hybridized carbons (Fsp3) is 0.400. The van der Waals surface area contributed by atoms with Gasteiger partial charge in [0.05, 0.1) is 19.8 Å². The van der Waals surface area contributed by atoms with E-state index >= 15 is 0 Å². The summed E-state index contributed by atoms with van der Waals surface area (Å²) in [5.74, 6) is 0. The molecule has 1 fully saturated rings. The molecule has 0 aromatic heterocycles. The molecule has 25 heavy (non-hydrogen) atoms. The lowest BCUT2D eigenvalue weighted by molar-refractivity contribution is -0.101. The Balaban J connectivity index is 1.58. The van der Waals surface area contributed by atoms with E-state index in [1.54, 1.807) is 6.92 Å². The third-order valence-corrected chi connectivity index (χ3v) is 5.48. The van der Waals surface area contributed by atoms with E-state index in [4.69, 9.17) is 14.2 Å². The second kappa shape index (κ2) is 8.43. The van der Waals surface area contributed by atoms with Crippen molar-refractivity contribution >= 4 is 15.9 Å². The molecule has 1 N–H and O–H groups in total. The molecule has 3 rings (SSSR count). The molecule has 1 unspecified atom stereocenters. The summed E-state index contributed by atoms with van der Waals surface area (Å²) in [6, 6.07) is 19.9. The number of alkyl halides is 1. The Morgan fingerprint density at radius 2 is 1.56 bits per heavy atom. The first-order chi connectivity index (χ1) is 12.1. The van der Waals surface area contributed by atoms with Crippen LogP contribution in [0, 0.1) is 0 Å². The minimum atomic E-state index is -1.13. The van der Waals surface area contributed by atoms with Crippen molar-refractivity contribution in [3.8, 4) is 0 Å². The smallest absolute Gasteiger partial charge is 0.144 e. The highest BCUT2D eigenvalue weighted by molar-refractivity contribution is 9.09. The Morgan fingerprint density at radius 1 is 1.00 bits per heavy atom. The Bertz CT molecular complexity index is 647. The number of hydrogen-bond acceptors (Lipinski definition) is 4. The van der Waals surface area contributed by atoms with Crippen molar-refractivity contribution in [2.75, 3.05) is 6.61 Å². The first kappa shape index (κ1) is 18.5. The Labute approximate surface area is 156 Å². The molecule has 2 aromatic rings. The standard InChI is InChI=1S/C20H23BrO4/c1-20(22)18(24-13-16-10-6-3-7-11-16)17(25-19(20)21)14-23-12-15-8-4-2-5-9-15/h2-11,17-19,22H,12-14H2,1H3/t17-,18-,19?,20-/m1/s1. The summed E-state index contributed by atoms with van der Waals surface area (Å²) in [5, 5.41) is 10.2. The van der Waals surface area contributed by atoms with E-state index < -0.39 is 16.7 Å². The van der Waals surface area contributed by atoms with E-state index in [9.17, 15) is 5.11 Å². The molecule has 1 saturated heterocycles. The summed E-state index contributed by atoms with van der Waals surface area (Å²) in [6.07, 6.45) is -0.820. The van der Waals surface area contributed by atoms with E-state index in [-0.39, 0.29) is 6.10 Å². The molecule has 1 aliphatic rings. The van der Waals surface area contributed by atoms with E-state index in [0.717, 1.165) is 11.1 Å². The lowest BCUT2D eigenvalue weighted by atomic mass is 9.99. The molecule has 0 saturated carbocycles. The van der Waals surface area contributed by atoms with Crippen molar-refractivity contribution in [1.29, 1.82) is 0 Å².